The quantitative estimate of drug-likeness (QED) is 0.296. The van der Waals surface area contributed by atoms with Crippen LogP contribution in [0.3, 0.4) is 0 Å². The van der Waals surface area contributed by atoms with Crippen molar-refractivity contribution in [3.8, 4) is 5.75 Å². The van der Waals surface area contributed by atoms with Gasteiger partial charge in [-0.2, -0.15) is 0 Å². The zero-order valence-corrected chi connectivity index (χ0v) is 27.9. The maximum absolute atomic E-state index is 10.1. The zero-order valence-electron chi connectivity index (χ0n) is 27.9. The number of nitrogens with zero attached hydrogens (tertiary/aromatic N) is 3. The van der Waals surface area contributed by atoms with Gasteiger partial charge in [-0.25, -0.2) is 0 Å². The van der Waals surface area contributed by atoms with E-state index < -0.39 is 0 Å². The summed E-state index contributed by atoms with van der Waals surface area (Å²) >= 11 is 0. The van der Waals surface area contributed by atoms with E-state index in [1.807, 2.05) is 19.9 Å². The van der Waals surface area contributed by atoms with Gasteiger partial charge in [0.25, 0.3) is 6.47 Å². The van der Waals surface area contributed by atoms with Gasteiger partial charge in [-0.05, 0) is 97.5 Å². The van der Waals surface area contributed by atoms with Gasteiger partial charge < -0.3 is 33.9 Å². The second-order valence-electron chi connectivity index (χ2n) is 10.1. The lowest BCUT2D eigenvalue weighted by molar-refractivity contribution is -0.135. The highest BCUT2D eigenvalue weighted by Gasteiger charge is 2.22. The molecule has 3 rings (SSSR count). The summed E-state index contributed by atoms with van der Waals surface area (Å²) < 4.78 is 16.6. The molecular weight excluding hydrogens is 504 g/mol. The minimum atomic E-state index is 0.179. The van der Waals surface area contributed by atoms with Crippen LogP contribution in [-0.4, -0.2) is 102 Å². The van der Waals surface area contributed by atoms with Gasteiger partial charge in [0.2, 0.25) is 0 Å². The molecule has 0 radical (unpaired) electrons. The maximum Gasteiger partial charge on any atom is 0.293 e. The Hall–Kier alpha value is -2.13. The third kappa shape index (κ3) is 17.5. The number of carbonyl (C=O) groups is 1. The monoisotopic (exact) mass is 566 g/mol. The van der Waals surface area contributed by atoms with Gasteiger partial charge in [0.1, 0.15) is 11.9 Å². The number of hydrogen-bond acceptors (Lipinski definition) is 7. The summed E-state index contributed by atoms with van der Waals surface area (Å²) in [5.74, 6) is 0.915. The Morgan fingerprint density at radius 1 is 1.02 bits per heavy atom. The van der Waals surface area contributed by atoms with Gasteiger partial charge in [0, 0.05) is 51.5 Å². The van der Waals surface area contributed by atoms with Crippen molar-refractivity contribution in [2.24, 2.45) is 7.05 Å². The molecule has 0 spiro atoms. The molecule has 1 aliphatic carbocycles. The summed E-state index contributed by atoms with van der Waals surface area (Å²) in [4.78, 5) is 14.5. The molecule has 0 bridgehead atoms. The molecule has 234 valence electrons. The predicted molar refractivity (Wildman–Crippen MR) is 172 cm³/mol. The van der Waals surface area contributed by atoms with Crippen LogP contribution in [0, 0.1) is 0 Å². The van der Waals surface area contributed by atoms with Crippen LogP contribution < -0.4 is 10.1 Å². The van der Waals surface area contributed by atoms with Crippen molar-refractivity contribution < 1.29 is 19.0 Å². The fourth-order valence-electron chi connectivity index (χ4n) is 4.25. The normalized spacial score (nSPS) is 15.8. The second kappa shape index (κ2) is 25.8. The number of carbonyl (C=O) groups excluding carboxylic acids is 1. The van der Waals surface area contributed by atoms with Crippen molar-refractivity contribution in [2.75, 3.05) is 69.2 Å². The molecule has 0 amide bonds. The summed E-state index contributed by atoms with van der Waals surface area (Å²) in [6.45, 7) is 12.2. The van der Waals surface area contributed by atoms with Crippen LogP contribution in [0.5, 0.6) is 5.75 Å². The molecule has 8 heteroatoms. The molecule has 0 aliphatic heterocycles. The lowest BCUT2D eigenvalue weighted by Gasteiger charge is -2.31. The zero-order chi connectivity index (χ0) is 30.9. The number of aromatic nitrogens is 1. The minimum Gasteiger partial charge on any atom is -0.497 e. The van der Waals surface area contributed by atoms with Gasteiger partial charge in [-0.15, -0.1) is 0 Å². The Morgan fingerprint density at radius 3 is 2.05 bits per heavy atom. The van der Waals surface area contributed by atoms with Crippen LogP contribution >= 0.6 is 0 Å². The van der Waals surface area contributed by atoms with Crippen molar-refractivity contribution in [1.29, 1.82) is 0 Å². The van der Waals surface area contributed by atoms with E-state index in [1.165, 1.54) is 22.9 Å². The molecule has 0 atom stereocenters. The summed E-state index contributed by atoms with van der Waals surface area (Å²) in [7, 11) is 15.5. The number of aryl methyl sites for hydroxylation is 1. The third-order valence-corrected chi connectivity index (χ3v) is 6.41. The van der Waals surface area contributed by atoms with E-state index in [9.17, 15) is 4.79 Å². The maximum atomic E-state index is 10.1. The first-order valence-corrected chi connectivity index (χ1v) is 14.8. The molecule has 1 aliphatic rings. The van der Waals surface area contributed by atoms with Crippen molar-refractivity contribution in [3.05, 3.63) is 30.0 Å². The van der Waals surface area contributed by atoms with Gasteiger partial charge in [-0.1, -0.05) is 27.7 Å². The molecule has 1 saturated carbocycles. The third-order valence-electron chi connectivity index (χ3n) is 6.41. The lowest BCUT2D eigenvalue weighted by atomic mass is 9.92. The molecule has 40 heavy (non-hydrogen) atoms. The van der Waals surface area contributed by atoms with E-state index in [1.54, 1.807) is 21.3 Å². The van der Waals surface area contributed by atoms with Crippen molar-refractivity contribution in [2.45, 2.75) is 78.4 Å². The molecule has 1 N–H and O–H groups in total. The summed E-state index contributed by atoms with van der Waals surface area (Å²) in [6, 6.07) is 6.95. The van der Waals surface area contributed by atoms with E-state index >= 15 is 0 Å². The fraction of sp³-hybridized carbons (Fsp3) is 0.719. The minimum absolute atomic E-state index is 0.179. The van der Waals surface area contributed by atoms with Crippen molar-refractivity contribution in [1.82, 2.24) is 19.7 Å². The Labute approximate surface area is 246 Å². The average Bonchev–Trinajstić information content (AvgIpc) is 3.28. The van der Waals surface area contributed by atoms with E-state index in [4.69, 9.17) is 9.47 Å². The number of likely N-dealkylation sites (N-methyl/N-ethyl adjacent to an activating group) is 1. The van der Waals surface area contributed by atoms with Gasteiger partial charge >= 0.3 is 0 Å². The first-order chi connectivity index (χ1) is 19.2. The van der Waals surface area contributed by atoms with E-state index in [-0.39, 0.29) is 6.10 Å². The highest BCUT2D eigenvalue weighted by molar-refractivity contribution is 5.85. The standard InChI is InChI=1S/C14H20N2O.C9H17NO2.C5H13N.C2H6O.C2H6/c1-15(2)8-7-11-10-16(3)14-9-12(17-4)5-6-13(11)14;1-10(2)8-3-5-9(6-4-8)12-7-11;1-3-5-6-4-2;1-3-2;1-2/h5-6,9-10H,7-8H2,1-4H3;7-9H,3-6H2,1-2H3;6H,3-5H2,1-2H3;1-2H3;1-2H3. The molecule has 1 aromatic heterocycles. The van der Waals surface area contributed by atoms with Crippen molar-refractivity contribution >= 4 is 17.4 Å². The Bertz CT molecular complexity index is 843. The number of ether oxygens (including phenoxy) is 3. The number of methoxy groups -OCH3 is 2. The van der Waals surface area contributed by atoms with Crippen LogP contribution in [-0.2, 0) is 27.7 Å². The van der Waals surface area contributed by atoms with E-state index in [2.05, 4.69) is 91.8 Å². The first kappa shape index (κ1) is 40.0. The van der Waals surface area contributed by atoms with E-state index in [0.717, 1.165) is 57.5 Å². The number of benzene rings is 1. The molecule has 1 fully saturated rings. The Kier molecular flexibility index (Phi) is 25.8. The molecule has 0 unspecified atom stereocenters. The van der Waals surface area contributed by atoms with Gasteiger partial charge in [0.05, 0.1) is 12.6 Å². The average molecular weight is 567 g/mol. The van der Waals surface area contributed by atoms with Crippen LogP contribution in [0.4, 0.5) is 0 Å². The predicted octanol–water partition coefficient (Wildman–Crippen LogP) is 5.62. The van der Waals surface area contributed by atoms with Crippen molar-refractivity contribution in [3.63, 3.8) is 0 Å². The molecule has 0 saturated heterocycles. The molecule has 2 aromatic rings. The highest BCUT2D eigenvalue weighted by Crippen LogP contribution is 2.25. The summed E-state index contributed by atoms with van der Waals surface area (Å²) in [6.07, 6.45) is 9.04. The smallest absolute Gasteiger partial charge is 0.293 e. The van der Waals surface area contributed by atoms with Crippen LogP contribution in [0.2, 0.25) is 0 Å². The SMILES string of the molecule is CC.CCCNCC.CN(C)C1CCC(OC=O)CC1.COC.COc1ccc2c(CCN(C)C)cn(C)c2c1. The fourth-order valence-corrected chi connectivity index (χ4v) is 4.25. The Balaban J connectivity index is 0. The van der Waals surface area contributed by atoms with Gasteiger partial charge in [-0.3, -0.25) is 4.79 Å². The molecule has 8 nitrogen and oxygen atoms in total. The Morgan fingerprint density at radius 2 is 1.62 bits per heavy atom. The van der Waals surface area contributed by atoms with Gasteiger partial charge in [0.15, 0.2) is 0 Å². The van der Waals surface area contributed by atoms with Crippen LogP contribution in [0.15, 0.2) is 24.4 Å². The van der Waals surface area contributed by atoms with Crippen LogP contribution in [0.1, 0.15) is 65.4 Å². The topological polar surface area (TPSA) is 68.2 Å². The highest BCUT2D eigenvalue weighted by atomic mass is 16.5. The largest absolute Gasteiger partial charge is 0.497 e. The number of rotatable bonds is 10. The van der Waals surface area contributed by atoms with Crippen LogP contribution in [0.25, 0.3) is 10.9 Å². The second-order valence-corrected chi connectivity index (χ2v) is 10.1. The first-order valence-electron chi connectivity index (χ1n) is 14.8. The summed E-state index contributed by atoms with van der Waals surface area (Å²) in [5, 5.41) is 4.53. The number of nitrogens with one attached hydrogen (secondary N) is 1. The number of hydrogen-bond donors (Lipinski definition) is 1. The summed E-state index contributed by atoms with van der Waals surface area (Å²) in [5.41, 5.74) is 2.64. The number of fused-ring (bicyclic) bond motifs is 1. The van der Waals surface area contributed by atoms with E-state index in [0.29, 0.717) is 12.5 Å². The molecule has 1 aromatic carbocycles. The lowest BCUT2D eigenvalue weighted by Crippen LogP contribution is -2.34. The molecule has 1 heterocycles. The molecular formula is C32H62N4O4.